The van der Waals surface area contributed by atoms with Crippen LogP contribution < -0.4 is 0 Å². The van der Waals surface area contributed by atoms with Crippen LogP contribution in [0, 0.1) is 0 Å². The molecule has 0 aromatic carbocycles. The molecule has 4 heteroatoms. The maximum atomic E-state index is 11.4. The molecule has 0 aliphatic heterocycles. The van der Waals surface area contributed by atoms with Crippen molar-refractivity contribution in [1.82, 2.24) is 10.2 Å². The summed E-state index contributed by atoms with van der Waals surface area (Å²) in [7, 11) is 0. The second kappa shape index (κ2) is 5.53. The number of H-pyrrole nitrogens is 1. The molecular formula is C11H18N2O2. The van der Waals surface area contributed by atoms with Crippen molar-refractivity contribution in [3.05, 3.63) is 17.5 Å². The number of esters is 1. The van der Waals surface area contributed by atoms with Gasteiger partial charge in [-0.25, -0.2) is 4.79 Å². The first-order chi connectivity index (χ1) is 7.22. The highest BCUT2D eigenvalue weighted by Gasteiger charge is 2.15. The zero-order valence-corrected chi connectivity index (χ0v) is 9.54. The standard InChI is InChI=1S/C11H18N2O2/c1-4-8(5-2)9-7-10(13-12-9)11(14)15-6-3/h7-8H,4-6H2,1-3H3,(H,12,13). The molecule has 0 saturated carbocycles. The summed E-state index contributed by atoms with van der Waals surface area (Å²) in [6.07, 6.45) is 2.09. The largest absolute Gasteiger partial charge is 0.461 e. The van der Waals surface area contributed by atoms with E-state index >= 15 is 0 Å². The zero-order chi connectivity index (χ0) is 11.3. The summed E-state index contributed by atoms with van der Waals surface area (Å²) >= 11 is 0. The Balaban J connectivity index is 2.75. The van der Waals surface area contributed by atoms with Gasteiger partial charge in [0, 0.05) is 11.6 Å². The summed E-state index contributed by atoms with van der Waals surface area (Å²) in [6.45, 7) is 6.41. The molecule has 0 atom stereocenters. The van der Waals surface area contributed by atoms with E-state index in [1.54, 1.807) is 13.0 Å². The van der Waals surface area contributed by atoms with Crippen LogP contribution >= 0.6 is 0 Å². The molecule has 1 N–H and O–H groups in total. The third kappa shape index (κ3) is 2.81. The minimum absolute atomic E-state index is 0.356. The average molecular weight is 210 g/mol. The highest BCUT2D eigenvalue weighted by molar-refractivity contribution is 5.87. The summed E-state index contributed by atoms with van der Waals surface area (Å²) in [5.74, 6) is 0.0895. The molecule has 0 aliphatic carbocycles. The topological polar surface area (TPSA) is 55.0 Å². The van der Waals surface area contributed by atoms with E-state index in [1.165, 1.54) is 0 Å². The van der Waals surface area contributed by atoms with Crippen LogP contribution in [0.3, 0.4) is 0 Å². The highest BCUT2D eigenvalue weighted by atomic mass is 16.5. The molecular weight excluding hydrogens is 192 g/mol. The lowest BCUT2D eigenvalue weighted by molar-refractivity contribution is 0.0519. The summed E-state index contributed by atoms with van der Waals surface area (Å²) in [5.41, 5.74) is 1.39. The first-order valence-corrected chi connectivity index (χ1v) is 5.45. The Morgan fingerprint density at radius 3 is 2.67 bits per heavy atom. The molecule has 15 heavy (non-hydrogen) atoms. The number of aromatic amines is 1. The van der Waals surface area contributed by atoms with Gasteiger partial charge in [0.2, 0.25) is 0 Å². The normalized spacial score (nSPS) is 10.7. The number of aromatic nitrogens is 2. The van der Waals surface area contributed by atoms with E-state index in [0.29, 0.717) is 18.2 Å². The van der Waals surface area contributed by atoms with Gasteiger partial charge < -0.3 is 4.74 Å². The zero-order valence-electron chi connectivity index (χ0n) is 9.54. The van der Waals surface area contributed by atoms with E-state index in [9.17, 15) is 4.79 Å². The van der Waals surface area contributed by atoms with Crippen LogP contribution in [0.1, 0.15) is 55.7 Å². The Morgan fingerprint density at radius 1 is 1.47 bits per heavy atom. The van der Waals surface area contributed by atoms with Crippen LogP contribution in [-0.2, 0) is 4.74 Å². The molecule has 0 aliphatic rings. The molecule has 0 amide bonds. The predicted octanol–water partition coefficient (Wildman–Crippen LogP) is 2.49. The lowest BCUT2D eigenvalue weighted by Gasteiger charge is -2.07. The Hall–Kier alpha value is -1.32. The van der Waals surface area contributed by atoms with Crippen molar-refractivity contribution < 1.29 is 9.53 Å². The van der Waals surface area contributed by atoms with Gasteiger partial charge in [0.05, 0.1) is 6.61 Å². The van der Waals surface area contributed by atoms with E-state index in [4.69, 9.17) is 4.74 Å². The fourth-order valence-corrected chi connectivity index (χ4v) is 1.58. The van der Waals surface area contributed by atoms with Gasteiger partial charge in [0.25, 0.3) is 0 Å². The number of nitrogens with one attached hydrogen (secondary N) is 1. The maximum Gasteiger partial charge on any atom is 0.358 e. The third-order valence-corrected chi connectivity index (χ3v) is 2.51. The van der Waals surface area contributed by atoms with Crippen LogP contribution in [0.5, 0.6) is 0 Å². The number of carbonyl (C=O) groups is 1. The fraction of sp³-hybridized carbons (Fsp3) is 0.636. The molecule has 0 fully saturated rings. The van der Waals surface area contributed by atoms with Crippen molar-refractivity contribution in [2.75, 3.05) is 6.61 Å². The van der Waals surface area contributed by atoms with Crippen molar-refractivity contribution in [2.24, 2.45) is 0 Å². The van der Waals surface area contributed by atoms with Crippen LogP contribution in [0.15, 0.2) is 6.07 Å². The molecule has 0 bridgehead atoms. The van der Waals surface area contributed by atoms with Crippen molar-refractivity contribution in [3.63, 3.8) is 0 Å². The van der Waals surface area contributed by atoms with Gasteiger partial charge in [0.15, 0.2) is 5.69 Å². The molecule has 1 heterocycles. The van der Waals surface area contributed by atoms with Crippen LogP contribution in [-0.4, -0.2) is 22.8 Å². The maximum absolute atomic E-state index is 11.4. The molecule has 1 aromatic heterocycles. The smallest absolute Gasteiger partial charge is 0.358 e. The van der Waals surface area contributed by atoms with Gasteiger partial charge in [-0.3, -0.25) is 5.10 Å². The minimum atomic E-state index is -0.356. The lowest BCUT2D eigenvalue weighted by Crippen LogP contribution is -2.04. The molecule has 1 aromatic rings. The van der Waals surface area contributed by atoms with Gasteiger partial charge in [-0.2, -0.15) is 5.10 Å². The first-order valence-electron chi connectivity index (χ1n) is 5.45. The molecule has 84 valence electrons. The van der Waals surface area contributed by atoms with Crippen molar-refractivity contribution in [3.8, 4) is 0 Å². The predicted molar refractivity (Wildman–Crippen MR) is 57.9 cm³/mol. The van der Waals surface area contributed by atoms with Crippen molar-refractivity contribution in [1.29, 1.82) is 0 Å². The summed E-state index contributed by atoms with van der Waals surface area (Å²) in [6, 6.07) is 1.79. The molecule has 0 unspecified atom stereocenters. The number of nitrogens with zero attached hydrogens (tertiary/aromatic N) is 1. The number of hydrogen-bond donors (Lipinski definition) is 1. The molecule has 0 radical (unpaired) electrons. The van der Waals surface area contributed by atoms with Crippen molar-refractivity contribution in [2.45, 2.75) is 39.5 Å². The summed E-state index contributed by atoms with van der Waals surface area (Å²) in [4.78, 5) is 11.4. The molecule has 4 nitrogen and oxygen atoms in total. The minimum Gasteiger partial charge on any atom is -0.461 e. The Bertz CT molecular complexity index is 316. The number of ether oxygens (including phenoxy) is 1. The summed E-state index contributed by atoms with van der Waals surface area (Å²) in [5, 5.41) is 6.85. The van der Waals surface area contributed by atoms with E-state index < -0.39 is 0 Å². The molecule has 0 spiro atoms. The third-order valence-electron chi connectivity index (χ3n) is 2.51. The van der Waals surface area contributed by atoms with Crippen LogP contribution in [0.25, 0.3) is 0 Å². The fourth-order valence-electron chi connectivity index (χ4n) is 1.58. The molecule has 0 saturated heterocycles. The number of hydrogen-bond acceptors (Lipinski definition) is 3. The number of carbonyl (C=O) groups excluding carboxylic acids is 1. The average Bonchev–Trinajstić information content (AvgIpc) is 2.69. The SMILES string of the molecule is CCOC(=O)c1cc(C(CC)CC)[nH]n1. The second-order valence-electron chi connectivity index (χ2n) is 3.44. The van der Waals surface area contributed by atoms with Gasteiger partial charge in [-0.15, -0.1) is 0 Å². The van der Waals surface area contributed by atoms with E-state index in [0.717, 1.165) is 18.5 Å². The van der Waals surface area contributed by atoms with Crippen LogP contribution in [0.4, 0.5) is 0 Å². The van der Waals surface area contributed by atoms with Crippen molar-refractivity contribution >= 4 is 5.97 Å². The van der Waals surface area contributed by atoms with E-state index in [1.807, 2.05) is 0 Å². The lowest BCUT2D eigenvalue weighted by atomic mass is 9.99. The van der Waals surface area contributed by atoms with E-state index in [2.05, 4.69) is 24.0 Å². The van der Waals surface area contributed by atoms with Gasteiger partial charge in [0.1, 0.15) is 0 Å². The summed E-state index contributed by atoms with van der Waals surface area (Å²) < 4.78 is 4.87. The van der Waals surface area contributed by atoms with Gasteiger partial charge in [-0.05, 0) is 25.8 Å². The highest BCUT2D eigenvalue weighted by Crippen LogP contribution is 2.21. The Labute approximate surface area is 90.0 Å². The quantitative estimate of drug-likeness (QED) is 0.759. The van der Waals surface area contributed by atoms with Crippen LogP contribution in [0.2, 0.25) is 0 Å². The van der Waals surface area contributed by atoms with E-state index in [-0.39, 0.29) is 5.97 Å². The second-order valence-corrected chi connectivity index (χ2v) is 3.44. The number of rotatable bonds is 5. The Kier molecular flexibility index (Phi) is 4.34. The monoisotopic (exact) mass is 210 g/mol. The van der Waals surface area contributed by atoms with Gasteiger partial charge >= 0.3 is 5.97 Å². The van der Waals surface area contributed by atoms with Gasteiger partial charge in [-0.1, -0.05) is 13.8 Å². The first kappa shape index (κ1) is 11.8. The Morgan fingerprint density at radius 2 is 2.13 bits per heavy atom. The molecule has 1 rings (SSSR count).